The summed E-state index contributed by atoms with van der Waals surface area (Å²) in [4.78, 5) is 10.1. The summed E-state index contributed by atoms with van der Waals surface area (Å²) < 4.78 is 33.7. The molecule has 0 aromatic carbocycles. The van der Waals surface area contributed by atoms with Gasteiger partial charge in [-0.1, -0.05) is 0 Å². The molecule has 0 saturated carbocycles. The lowest BCUT2D eigenvalue weighted by Gasteiger charge is -1.90. The Hall–Kier alpha value is -1.14. The van der Waals surface area contributed by atoms with E-state index in [0.717, 1.165) is 0 Å². The van der Waals surface area contributed by atoms with Crippen molar-refractivity contribution >= 4 is 16.4 Å². The van der Waals surface area contributed by atoms with Crippen LogP contribution in [0.15, 0.2) is 16.5 Å². The second kappa shape index (κ2) is 3.08. The standard InChI is InChI=1S/C6H6O5S/c7-3-5-1-2-6(11-5)4-12(8,9)10/h1-3H,4H2,(H,8,9,10). The van der Waals surface area contributed by atoms with Gasteiger partial charge in [0, 0.05) is 0 Å². The molecule has 1 aromatic rings. The molecule has 0 amide bonds. The second-order valence-corrected chi connectivity index (χ2v) is 3.60. The van der Waals surface area contributed by atoms with Gasteiger partial charge in [-0.2, -0.15) is 8.42 Å². The highest BCUT2D eigenvalue weighted by atomic mass is 32.2. The molecule has 0 atom stereocenters. The van der Waals surface area contributed by atoms with Gasteiger partial charge in [0.15, 0.2) is 12.0 Å². The molecular formula is C6H6O5S. The van der Waals surface area contributed by atoms with Crippen LogP contribution < -0.4 is 0 Å². The Labute approximate surface area is 68.7 Å². The Kier molecular flexibility index (Phi) is 2.30. The van der Waals surface area contributed by atoms with Gasteiger partial charge in [-0.3, -0.25) is 9.35 Å². The molecule has 0 bridgehead atoms. The summed E-state index contributed by atoms with van der Waals surface area (Å²) in [6.45, 7) is 0. The lowest BCUT2D eigenvalue weighted by molar-refractivity contribution is 0.109. The summed E-state index contributed by atoms with van der Waals surface area (Å²) in [7, 11) is -4.08. The molecule has 0 aliphatic heterocycles. The number of aldehydes is 1. The predicted octanol–water partition coefficient (Wildman–Crippen LogP) is 0.480. The maximum Gasteiger partial charge on any atom is 0.272 e. The van der Waals surface area contributed by atoms with Crippen LogP contribution >= 0.6 is 0 Å². The summed E-state index contributed by atoms with van der Waals surface area (Å²) in [5, 5.41) is 0. The van der Waals surface area contributed by atoms with E-state index < -0.39 is 15.9 Å². The van der Waals surface area contributed by atoms with Crippen molar-refractivity contribution in [2.45, 2.75) is 5.75 Å². The first-order valence-electron chi connectivity index (χ1n) is 3.00. The van der Waals surface area contributed by atoms with Crippen LogP contribution in [0.5, 0.6) is 0 Å². The van der Waals surface area contributed by atoms with Crippen molar-refractivity contribution in [3.8, 4) is 0 Å². The first-order valence-corrected chi connectivity index (χ1v) is 4.61. The minimum Gasteiger partial charge on any atom is -0.457 e. The number of carbonyl (C=O) groups is 1. The molecule has 0 radical (unpaired) electrons. The smallest absolute Gasteiger partial charge is 0.272 e. The van der Waals surface area contributed by atoms with Gasteiger partial charge in [-0.05, 0) is 12.1 Å². The second-order valence-electron chi connectivity index (χ2n) is 2.15. The number of hydrogen-bond acceptors (Lipinski definition) is 4. The summed E-state index contributed by atoms with van der Waals surface area (Å²) in [5.74, 6) is -0.533. The van der Waals surface area contributed by atoms with Crippen molar-refractivity contribution in [2.75, 3.05) is 0 Å². The molecule has 0 aliphatic rings. The molecule has 66 valence electrons. The largest absolute Gasteiger partial charge is 0.457 e. The van der Waals surface area contributed by atoms with Crippen LogP contribution in [0.1, 0.15) is 16.3 Å². The van der Waals surface area contributed by atoms with Crippen LogP contribution in [0.3, 0.4) is 0 Å². The van der Waals surface area contributed by atoms with Gasteiger partial charge in [0.1, 0.15) is 11.5 Å². The Morgan fingerprint density at radius 1 is 1.50 bits per heavy atom. The molecular weight excluding hydrogens is 184 g/mol. The Morgan fingerprint density at radius 3 is 2.58 bits per heavy atom. The fourth-order valence-corrected chi connectivity index (χ4v) is 1.23. The lowest BCUT2D eigenvalue weighted by atomic mass is 10.4. The third-order valence-electron chi connectivity index (χ3n) is 1.12. The third-order valence-corrected chi connectivity index (χ3v) is 1.77. The van der Waals surface area contributed by atoms with Crippen molar-refractivity contribution in [3.63, 3.8) is 0 Å². The molecule has 6 heteroatoms. The van der Waals surface area contributed by atoms with Crippen LogP contribution in [0, 0.1) is 0 Å². The van der Waals surface area contributed by atoms with Crippen molar-refractivity contribution in [1.29, 1.82) is 0 Å². The maximum atomic E-state index is 10.3. The van der Waals surface area contributed by atoms with Gasteiger partial charge in [0.2, 0.25) is 0 Å². The topological polar surface area (TPSA) is 84.6 Å². The van der Waals surface area contributed by atoms with E-state index in [1.54, 1.807) is 0 Å². The van der Waals surface area contributed by atoms with Crippen molar-refractivity contribution in [2.24, 2.45) is 0 Å². The molecule has 12 heavy (non-hydrogen) atoms. The minimum absolute atomic E-state index is 0.0358. The minimum atomic E-state index is -4.08. The first kappa shape index (κ1) is 8.95. The van der Waals surface area contributed by atoms with Gasteiger partial charge >= 0.3 is 0 Å². The molecule has 0 aliphatic carbocycles. The average molecular weight is 190 g/mol. The average Bonchev–Trinajstić information content (AvgIpc) is 2.32. The van der Waals surface area contributed by atoms with E-state index in [4.69, 9.17) is 8.97 Å². The van der Waals surface area contributed by atoms with Crippen molar-refractivity contribution < 1.29 is 22.2 Å². The van der Waals surface area contributed by atoms with Gasteiger partial charge in [-0.15, -0.1) is 0 Å². The van der Waals surface area contributed by atoms with E-state index >= 15 is 0 Å². The van der Waals surface area contributed by atoms with E-state index in [1.807, 2.05) is 0 Å². The normalized spacial score (nSPS) is 11.4. The van der Waals surface area contributed by atoms with Gasteiger partial charge in [-0.25, -0.2) is 0 Å². The number of carbonyl (C=O) groups excluding carboxylic acids is 1. The van der Waals surface area contributed by atoms with Gasteiger partial charge < -0.3 is 4.42 Å². The highest BCUT2D eigenvalue weighted by molar-refractivity contribution is 7.84. The molecule has 0 fully saturated rings. The quantitative estimate of drug-likeness (QED) is 0.553. The Morgan fingerprint density at radius 2 is 2.17 bits per heavy atom. The van der Waals surface area contributed by atoms with Crippen LogP contribution in [0.25, 0.3) is 0 Å². The molecule has 1 rings (SSSR count). The number of hydrogen-bond donors (Lipinski definition) is 1. The van der Waals surface area contributed by atoms with Gasteiger partial charge in [0.05, 0.1) is 0 Å². The van der Waals surface area contributed by atoms with E-state index in [0.29, 0.717) is 6.29 Å². The molecule has 0 unspecified atom stereocenters. The Bertz CT molecular complexity index is 374. The van der Waals surface area contributed by atoms with Crippen molar-refractivity contribution in [1.82, 2.24) is 0 Å². The van der Waals surface area contributed by atoms with Gasteiger partial charge in [0.25, 0.3) is 10.1 Å². The van der Waals surface area contributed by atoms with Crippen molar-refractivity contribution in [3.05, 3.63) is 23.7 Å². The number of furan rings is 1. The lowest BCUT2D eigenvalue weighted by Crippen LogP contribution is -1.99. The van der Waals surface area contributed by atoms with Crippen LogP contribution in [0.2, 0.25) is 0 Å². The fraction of sp³-hybridized carbons (Fsp3) is 0.167. The monoisotopic (exact) mass is 190 g/mol. The first-order chi connectivity index (χ1) is 5.51. The molecule has 1 aromatic heterocycles. The van der Waals surface area contributed by atoms with E-state index in [2.05, 4.69) is 0 Å². The number of rotatable bonds is 3. The van der Waals surface area contributed by atoms with E-state index in [-0.39, 0.29) is 11.5 Å². The van der Waals surface area contributed by atoms with E-state index in [9.17, 15) is 13.2 Å². The highest BCUT2D eigenvalue weighted by Crippen LogP contribution is 2.08. The zero-order valence-electron chi connectivity index (χ0n) is 5.93. The SMILES string of the molecule is O=Cc1ccc(CS(=O)(=O)O)o1. The Balaban J connectivity index is 2.84. The molecule has 1 N–H and O–H groups in total. The zero-order valence-corrected chi connectivity index (χ0v) is 6.74. The molecule has 0 spiro atoms. The third kappa shape index (κ3) is 2.48. The summed E-state index contributed by atoms with van der Waals surface area (Å²) in [6, 6.07) is 2.64. The molecule has 5 nitrogen and oxygen atoms in total. The van der Waals surface area contributed by atoms with Crippen LogP contribution in [0.4, 0.5) is 0 Å². The summed E-state index contributed by atoms with van der Waals surface area (Å²) >= 11 is 0. The molecule has 1 heterocycles. The van der Waals surface area contributed by atoms with Crippen LogP contribution in [-0.2, 0) is 15.9 Å². The van der Waals surface area contributed by atoms with E-state index in [1.165, 1.54) is 12.1 Å². The van der Waals surface area contributed by atoms with Crippen LogP contribution in [-0.4, -0.2) is 19.3 Å². The molecule has 0 saturated heterocycles. The highest BCUT2D eigenvalue weighted by Gasteiger charge is 2.09. The summed E-state index contributed by atoms with van der Waals surface area (Å²) in [5.41, 5.74) is 0. The summed E-state index contributed by atoms with van der Waals surface area (Å²) in [6.07, 6.45) is 0.452. The fourth-order valence-electron chi connectivity index (χ4n) is 0.715. The maximum absolute atomic E-state index is 10.3. The predicted molar refractivity (Wildman–Crippen MR) is 39.3 cm³/mol. The zero-order chi connectivity index (χ0) is 9.19.